The van der Waals surface area contributed by atoms with E-state index < -0.39 is 0 Å². The first kappa shape index (κ1) is 21.1. The van der Waals surface area contributed by atoms with Gasteiger partial charge in [0.25, 0.3) is 0 Å². The van der Waals surface area contributed by atoms with E-state index in [1.165, 1.54) is 12.8 Å². The first-order chi connectivity index (χ1) is 15.7. The van der Waals surface area contributed by atoms with Crippen LogP contribution in [-0.4, -0.2) is 31.5 Å². The van der Waals surface area contributed by atoms with E-state index in [1.807, 2.05) is 36.4 Å². The Morgan fingerprint density at radius 3 is 2.62 bits per heavy atom. The third kappa shape index (κ3) is 4.85. The lowest BCUT2D eigenvalue weighted by Crippen LogP contribution is -2.45. The molecule has 0 radical (unpaired) electrons. The second-order valence-electron chi connectivity index (χ2n) is 9.23. The van der Waals surface area contributed by atoms with Gasteiger partial charge in [0, 0.05) is 36.1 Å². The molecule has 0 aromatic heterocycles. The Balaban J connectivity index is 1.32. The number of hydrogen-bond acceptors (Lipinski definition) is 5. The number of alkyl carbamates (subject to hydrolysis) is 1. The number of nitrogens with one attached hydrogen (secondary N) is 2. The molecule has 170 valence electrons. The van der Waals surface area contributed by atoms with Gasteiger partial charge in [-0.25, -0.2) is 4.79 Å². The van der Waals surface area contributed by atoms with Crippen LogP contribution < -0.4 is 15.4 Å². The number of ether oxygens (including phenoxy) is 3. The van der Waals surface area contributed by atoms with Crippen LogP contribution in [0, 0.1) is 11.8 Å². The Kier molecular flexibility index (Phi) is 6.21. The second-order valence-corrected chi connectivity index (χ2v) is 9.23. The van der Waals surface area contributed by atoms with Crippen molar-refractivity contribution in [3.05, 3.63) is 59.7 Å². The fourth-order valence-electron chi connectivity index (χ4n) is 4.89. The molecule has 2 aliphatic heterocycles. The maximum Gasteiger partial charge on any atom is 0.407 e. The largest absolute Gasteiger partial charge is 0.490 e. The van der Waals surface area contributed by atoms with Crippen molar-refractivity contribution in [2.75, 3.05) is 18.5 Å². The number of rotatable bonds is 6. The summed E-state index contributed by atoms with van der Waals surface area (Å²) >= 11 is 0. The Labute approximate surface area is 189 Å². The molecule has 2 N–H and O–H groups in total. The predicted octanol–water partition coefficient (Wildman–Crippen LogP) is 5.05. The molecule has 2 aromatic rings. The van der Waals surface area contributed by atoms with Crippen LogP contribution in [0.2, 0.25) is 0 Å². The molecule has 0 bridgehead atoms. The van der Waals surface area contributed by atoms with Crippen molar-refractivity contribution < 1.29 is 19.0 Å². The maximum atomic E-state index is 12.7. The van der Waals surface area contributed by atoms with Crippen LogP contribution in [0.15, 0.2) is 48.5 Å². The molecule has 0 spiro atoms. The average molecular weight is 437 g/mol. The molecular formula is C26H32N2O4. The van der Waals surface area contributed by atoms with E-state index in [0.717, 1.165) is 48.6 Å². The lowest BCUT2D eigenvalue weighted by Gasteiger charge is -2.39. The number of fused-ring (bicyclic) bond motifs is 1. The monoisotopic (exact) mass is 436 g/mol. The lowest BCUT2D eigenvalue weighted by atomic mass is 9.81. The summed E-state index contributed by atoms with van der Waals surface area (Å²) in [6, 6.07) is 16.2. The Morgan fingerprint density at radius 2 is 1.88 bits per heavy atom. The van der Waals surface area contributed by atoms with E-state index in [-0.39, 0.29) is 30.8 Å². The number of carbonyl (C=O) groups excluding carboxylic acids is 1. The minimum atomic E-state index is -0.385. The minimum absolute atomic E-state index is 0.127. The summed E-state index contributed by atoms with van der Waals surface area (Å²) in [6.07, 6.45) is 4.09. The SMILES string of the molecule is C[C@@H]1[C@@H](NC(=O)OCc2ccccc2)c2cc(OC3CCOCC3)ccc2N[C@H]1C1CC1. The van der Waals surface area contributed by atoms with Gasteiger partial charge in [0.05, 0.1) is 19.3 Å². The van der Waals surface area contributed by atoms with Gasteiger partial charge in [-0.05, 0) is 42.5 Å². The Bertz CT molecular complexity index is 925. The van der Waals surface area contributed by atoms with E-state index in [0.29, 0.717) is 12.0 Å². The Hall–Kier alpha value is -2.73. The third-order valence-electron chi connectivity index (χ3n) is 6.86. The van der Waals surface area contributed by atoms with Crippen molar-refractivity contribution in [1.82, 2.24) is 5.32 Å². The number of hydrogen-bond donors (Lipinski definition) is 2. The standard InChI is InChI=1S/C26H32N2O4/c1-17-24(19-7-8-19)27-23-10-9-21(32-20-11-13-30-14-12-20)15-22(23)25(17)28-26(29)31-16-18-5-3-2-4-6-18/h2-6,9-10,15,17,19-20,24-25,27H,7-8,11-14,16H2,1H3,(H,28,29)/t17-,24+,25+/m0/s1. The molecule has 2 fully saturated rings. The van der Waals surface area contributed by atoms with Crippen molar-refractivity contribution in [3.63, 3.8) is 0 Å². The van der Waals surface area contributed by atoms with Gasteiger partial charge < -0.3 is 24.8 Å². The van der Waals surface area contributed by atoms with Crippen molar-refractivity contribution >= 4 is 11.8 Å². The molecule has 1 amide bonds. The van der Waals surface area contributed by atoms with E-state index in [2.05, 4.69) is 29.7 Å². The van der Waals surface area contributed by atoms with Crippen molar-refractivity contribution in [2.45, 2.75) is 57.4 Å². The highest BCUT2D eigenvalue weighted by molar-refractivity contribution is 5.70. The first-order valence-electron chi connectivity index (χ1n) is 11.8. The van der Waals surface area contributed by atoms with Crippen molar-refractivity contribution in [1.29, 1.82) is 0 Å². The van der Waals surface area contributed by atoms with Crippen LogP contribution in [0.4, 0.5) is 10.5 Å². The van der Waals surface area contributed by atoms with Gasteiger partial charge >= 0.3 is 6.09 Å². The number of benzene rings is 2. The second kappa shape index (κ2) is 9.41. The third-order valence-corrected chi connectivity index (χ3v) is 6.86. The molecule has 5 rings (SSSR count). The van der Waals surface area contributed by atoms with Gasteiger partial charge in [0.1, 0.15) is 18.5 Å². The average Bonchev–Trinajstić information content (AvgIpc) is 3.66. The summed E-state index contributed by atoms with van der Waals surface area (Å²) < 4.78 is 17.2. The molecule has 1 saturated heterocycles. The fraction of sp³-hybridized carbons (Fsp3) is 0.500. The van der Waals surface area contributed by atoms with Gasteiger partial charge in [-0.15, -0.1) is 0 Å². The van der Waals surface area contributed by atoms with E-state index in [1.54, 1.807) is 0 Å². The number of anilines is 1. The van der Waals surface area contributed by atoms with Crippen molar-refractivity contribution in [2.24, 2.45) is 11.8 Å². The highest BCUT2D eigenvalue weighted by Crippen LogP contribution is 2.46. The van der Waals surface area contributed by atoms with Crippen LogP contribution in [0.3, 0.4) is 0 Å². The quantitative estimate of drug-likeness (QED) is 0.663. The molecule has 3 aliphatic rings. The summed E-state index contributed by atoms with van der Waals surface area (Å²) in [4.78, 5) is 12.7. The molecule has 1 saturated carbocycles. The molecule has 2 heterocycles. The normalized spacial score (nSPS) is 25.3. The summed E-state index contributed by atoms with van der Waals surface area (Å²) in [5.74, 6) is 1.76. The van der Waals surface area contributed by atoms with Gasteiger partial charge in [0.2, 0.25) is 0 Å². The zero-order chi connectivity index (χ0) is 21.9. The zero-order valence-electron chi connectivity index (χ0n) is 18.6. The fourth-order valence-corrected chi connectivity index (χ4v) is 4.89. The van der Waals surface area contributed by atoms with Crippen molar-refractivity contribution in [3.8, 4) is 5.75 Å². The van der Waals surface area contributed by atoms with E-state index in [9.17, 15) is 4.79 Å². The predicted molar refractivity (Wildman–Crippen MR) is 123 cm³/mol. The number of carbonyl (C=O) groups is 1. The highest BCUT2D eigenvalue weighted by Gasteiger charge is 2.42. The zero-order valence-corrected chi connectivity index (χ0v) is 18.6. The first-order valence-corrected chi connectivity index (χ1v) is 11.8. The molecular weight excluding hydrogens is 404 g/mol. The van der Waals surface area contributed by atoms with E-state index in [4.69, 9.17) is 14.2 Å². The summed E-state index contributed by atoms with van der Waals surface area (Å²) in [5, 5.41) is 6.89. The maximum absolute atomic E-state index is 12.7. The topological polar surface area (TPSA) is 68.8 Å². The van der Waals surface area contributed by atoms with Crippen LogP contribution in [0.25, 0.3) is 0 Å². The van der Waals surface area contributed by atoms with Crippen LogP contribution >= 0.6 is 0 Å². The summed E-state index contributed by atoms with van der Waals surface area (Å²) in [5.41, 5.74) is 3.12. The van der Waals surface area contributed by atoms with Crippen LogP contribution in [-0.2, 0) is 16.1 Å². The Morgan fingerprint density at radius 1 is 1.09 bits per heavy atom. The molecule has 6 heteroatoms. The van der Waals surface area contributed by atoms with E-state index >= 15 is 0 Å². The highest BCUT2D eigenvalue weighted by atomic mass is 16.5. The van der Waals surface area contributed by atoms with Gasteiger partial charge in [0.15, 0.2) is 0 Å². The smallest absolute Gasteiger partial charge is 0.407 e. The molecule has 32 heavy (non-hydrogen) atoms. The number of amides is 1. The van der Waals surface area contributed by atoms with Crippen LogP contribution in [0.5, 0.6) is 5.75 Å². The summed E-state index contributed by atoms with van der Waals surface area (Å²) in [7, 11) is 0. The molecule has 1 aliphatic carbocycles. The van der Waals surface area contributed by atoms with Crippen LogP contribution in [0.1, 0.15) is 49.8 Å². The molecule has 3 atom stereocenters. The van der Waals surface area contributed by atoms with Gasteiger partial charge in [-0.1, -0.05) is 37.3 Å². The molecule has 0 unspecified atom stereocenters. The van der Waals surface area contributed by atoms with Gasteiger partial charge in [-0.2, -0.15) is 0 Å². The minimum Gasteiger partial charge on any atom is -0.490 e. The molecule has 6 nitrogen and oxygen atoms in total. The lowest BCUT2D eigenvalue weighted by molar-refractivity contribution is 0.0255. The summed E-state index contributed by atoms with van der Waals surface area (Å²) in [6.45, 7) is 3.97. The molecule has 2 aromatic carbocycles. The van der Waals surface area contributed by atoms with Gasteiger partial charge in [-0.3, -0.25) is 0 Å².